The van der Waals surface area contributed by atoms with E-state index in [4.69, 9.17) is 19.0 Å². The molecular weight excluding hydrogens is 521 g/mol. The molecule has 182 valence electrons. The SMILES string of the molecule is C=C(C)[C@]1(O)C(n2ccc(=O)[nH]c2=O)O[C@H](COP(O)(=S)OP(=O)(O)OP(=O)(O)O)[C@H]1O. The van der Waals surface area contributed by atoms with Gasteiger partial charge in [-0.2, -0.15) is 4.31 Å². The first-order valence-electron chi connectivity index (χ1n) is 8.20. The van der Waals surface area contributed by atoms with E-state index in [1.165, 1.54) is 6.92 Å². The van der Waals surface area contributed by atoms with Crippen LogP contribution in [-0.2, 0) is 38.8 Å². The van der Waals surface area contributed by atoms with Crippen molar-refractivity contribution in [3.8, 4) is 0 Å². The predicted octanol–water partition coefficient (Wildman–Crippen LogP) is -1.44. The number of aliphatic hydroxyl groups is 2. The van der Waals surface area contributed by atoms with Crippen LogP contribution in [0.4, 0.5) is 0 Å². The number of nitrogens with zero attached hydrogens (tertiary/aromatic N) is 1. The fourth-order valence-corrected chi connectivity index (χ4v) is 6.70. The number of aromatic nitrogens is 2. The van der Waals surface area contributed by atoms with Crippen molar-refractivity contribution in [2.75, 3.05) is 6.61 Å². The number of phosphoric acid groups is 2. The molecule has 1 aliphatic heterocycles. The second kappa shape index (κ2) is 9.41. The first-order valence-corrected chi connectivity index (χ1v) is 13.8. The monoisotopic (exact) mass is 540 g/mol. The number of hydrogen-bond acceptors (Lipinski definition) is 11. The van der Waals surface area contributed by atoms with Crippen LogP contribution >= 0.6 is 22.4 Å². The summed E-state index contributed by atoms with van der Waals surface area (Å²) in [6.45, 7) is -0.757. The van der Waals surface area contributed by atoms with E-state index < -0.39 is 64.3 Å². The number of rotatable bonds is 9. The molecule has 20 heteroatoms. The number of aliphatic hydroxyl groups excluding tert-OH is 1. The molecule has 0 aromatic carbocycles. The van der Waals surface area contributed by atoms with E-state index in [1.54, 1.807) is 0 Å². The van der Waals surface area contributed by atoms with Gasteiger partial charge in [0.25, 0.3) is 5.56 Å². The van der Waals surface area contributed by atoms with Crippen LogP contribution in [0.25, 0.3) is 0 Å². The topological polar surface area (TPSA) is 247 Å². The van der Waals surface area contributed by atoms with Crippen LogP contribution in [0.1, 0.15) is 13.2 Å². The summed E-state index contributed by atoms with van der Waals surface area (Å²) in [5.74, 6) is 0. The van der Waals surface area contributed by atoms with Gasteiger partial charge >= 0.3 is 28.1 Å². The molecule has 2 heterocycles. The molecule has 32 heavy (non-hydrogen) atoms. The van der Waals surface area contributed by atoms with E-state index in [0.717, 1.165) is 16.8 Å². The lowest BCUT2D eigenvalue weighted by molar-refractivity contribution is -0.0869. The second-order valence-corrected chi connectivity index (χ2v) is 12.3. The summed E-state index contributed by atoms with van der Waals surface area (Å²) in [5, 5.41) is 21.5. The highest BCUT2D eigenvalue weighted by molar-refractivity contribution is 8.08. The summed E-state index contributed by atoms with van der Waals surface area (Å²) < 4.78 is 40.7. The molecule has 0 amide bonds. The van der Waals surface area contributed by atoms with Crippen LogP contribution in [0, 0.1) is 0 Å². The van der Waals surface area contributed by atoms with Crippen molar-refractivity contribution in [1.82, 2.24) is 9.55 Å². The smallest absolute Gasteiger partial charge is 0.387 e. The standard InChI is InChI=1S/C12H19N2O14P3S/c1-6(2)12(18)9(16)7(26-10(12)14-4-3-8(15)13-11(14)17)5-25-31(24,32)28-30(22,23)27-29(19,20)21/h3-4,7,9-10,16,18H,1,5H2,2H3,(H,22,23)(H,24,32)(H,13,15,17)(H2,19,20,21)/t7-,9-,10?,12-,31?/m1/s1. The lowest BCUT2D eigenvalue weighted by atomic mass is 9.87. The quantitative estimate of drug-likeness (QED) is 0.140. The summed E-state index contributed by atoms with van der Waals surface area (Å²) in [6.07, 6.45) is -4.05. The van der Waals surface area contributed by atoms with Gasteiger partial charge in [0.05, 0.1) is 6.61 Å². The molecule has 0 saturated carbocycles. The number of ether oxygens (including phenoxy) is 1. The van der Waals surface area contributed by atoms with Crippen LogP contribution in [0.3, 0.4) is 0 Å². The van der Waals surface area contributed by atoms with E-state index in [1.807, 2.05) is 4.98 Å². The minimum absolute atomic E-state index is 0.0646. The van der Waals surface area contributed by atoms with Gasteiger partial charge in [-0.3, -0.25) is 14.3 Å². The molecule has 7 N–H and O–H groups in total. The molecule has 1 saturated heterocycles. The van der Waals surface area contributed by atoms with E-state index in [0.29, 0.717) is 0 Å². The Hall–Kier alpha value is -0.870. The molecule has 16 nitrogen and oxygen atoms in total. The first-order chi connectivity index (χ1) is 14.4. The third kappa shape index (κ3) is 6.38. The lowest BCUT2D eigenvalue weighted by Crippen LogP contribution is -2.49. The van der Waals surface area contributed by atoms with Crippen molar-refractivity contribution in [2.45, 2.75) is 31.0 Å². The normalized spacial score (nSPS) is 29.9. The highest BCUT2D eigenvalue weighted by Gasteiger charge is 2.57. The molecule has 6 atom stereocenters. The van der Waals surface area contributed by atoms with Crippen molar-refractivity contribution < 1.29 is 56.8 Å². The Morgan fingerprint density at radius 1 is 1.31 bits per heavy atom. The third-order valence-electron chi connectivity index (χ3n) is 4.09. The Morgan fingerprint density at radius 2 is 1.91 bits per heavy atom. The predicted molar refractivity (Wildman–Crippen MR) is 107 cm³/mol. The van der Waals surface area contributed by atoms with Gasteiger partial charge in [-0.1, -0.05) is 6.58 Å². The minimum Gasteiger partial charge on any atom is -0.387 e. The third-order valence-corrected chi connectivity index (χ3v) is 8.81. The van der Waals surface area contributed by atoms with Crippen LogP contribution < -0.4 is 11.2 Å². The van der Waals surface area contributed by atoms with Gasteiger partial charge < -0.3 is 39.0 Å². The molecule has 2 rings (SSSR count). The van der Waals surface area contributed by atoms with Gasteiger partial charge in [0.15, 0.2) is 11.8 Å². The molecule has 1 aromatic rings. The summed E-state index contributed by atoms with van der Waals surface area (Å²) in [5.41, 5.74) is -4.11. The van der Waals surface area contributed by atoms with E-state index in [9.17, 15) is 38.7 Å². The maximum atomic E-state index is 12.1. The Kier molecular flexibility index (Phi) is 8.05. The minimum atomic E-state index is -5.56. The van der Waals surface area contributed by atoms with E-state index in [-0.39, 0.29) is 5.57 Å². The fourth-order valence-electron chi connectivity index (χ4n) is 2.73. The zero-order valence-corrected chi connectivity index (χ0v) is 19.4. The zero-order valence-electron chi connectivity index (χ0n) is 15.9. The maximum Gasteiger partial charge on any atom is 0.488 e. The zero-order chi connectivity index (χ0) is 24.7. The lowest BCUT2D eigenvalue weighted by Gasteiger charge is -2.32. The van der Waals surface area contributed by atoms with Crippen molar-refractivity contribution in [1.29, 1.82) is 0 Å². The Bertz CT molecular complexity index is 1140. The molecule has 0 radical (unpaired) electrons. The Morgan fingerprint density at radius 3 is 2.41 bits per heavy atom. The number of H-pyrrole nitrogens is 1. The molecule has 0 spiro atoms. The average molecular weight is 540 g/mol. The van der Waals surface area contributed by atoms with Crippen LogP contribution in [0.5, 0.6) is 0 Å². The number of aromatic amines is 1. The van der Waals surface area contributed by atoms with Crippen molar-refractivity contribution in [3.63, 3.8) is 0 Å². The van der Waals surface area contributed by atoms with Crippen LogP contribution in [-0.4, -0.2) is 63.8 Å². The molecule has 1 aliphatic rings. The molecule has 0 bridgehead atoms. The van der Waals surface area contributed by atoms with Crippen molar-refractivity contribution in [2.24, 2.45) is 0 Å². The van der Waals surface area contributed by atoms with Crippen LogP contribution in [0.2, 0.25) is 0 Å². The second-order valence-electron chi connectivity index (χ2n) is 6.48. The van der Waals surface area contributed by atoms with Crippen molar-refractivity contribution >= 4 is 34.2 Å². The highest BCUT2D eigenvalue weighted by atomic mass is 32.5. The first kappa shape index (κ1) is 27.4. The van der Waals surface area contributed by atoms with Gasteiger partial charge in [-0.05, 0) is 24.3 Å². The number of hydrogen-bond donors (Lipinski definition) is 7. The van der Waals surface area contributed by atoms with Gasteiger partial charge in [0.2, 0.25) is 0 Å². The van der Waals surface area contributed by atoms with Gasteiger partial charge in [0, 0.05) is 12.3 Å². The van der Waals surface area contributed by atoms with E-state index >= 15 is 0 Å². The largest absolute Gasteiger partial charge is 0.488 e. The Balaban J connectivity index is 2.24. The average Bonchev–Trinajstić information content (AvgIpc) is 2.83. The summed E-state index contributed by atoms with van der Waals surface area (Å²) >= 11 is 4.47. The molecule has 3 unspecified atom stereocenters. The summed E-state index contributed by atoms with van der Waals surface area (Å²) in [6, 6.07) is 0.945. The van der Waals surface area contributed by atoms with Gasteiger partial charge in [0.1, 0.15) is 12.2 Å². The summed E-state index contributed by atoms with van der Waals surface area (Å²) in [4.78, 5) is 61.6. The molecule has 1 aromatic heterocycles. The van der Waals surface area contributed by atoms with Gasteiger partial charge in [-0.15, -0.1) is 0 Å². The fraction of sp³-hybridized carbons (Fsp3) is 0.500. The maximum absolute atomic E-state index is 12.1. The van der Waals surface area contributed by atoms with Crippen LogP contribution in [0.15, 0.2) is 34.0 Å². The van der Waals surface area contributed by atoms with E-state index in [2.05, 4.69) is 27.0 Å². The number of nitrogens with one attached hydrogen (secondary N) is 1. The molecule has 1 fully saturated rings. The Labute approximate surface area is 183 Å². The van der Waals surface area contributed by atoms with Gasteiger partial charge in [-0.25, -0.2) is 18.2 Å². The molecule has 0 aliphatic carbocycles. The summed E-state index contributed by atoms with van der Waals surface area (Å²) in [7, 11) is -11.1. The highest BCUT2D eigenvalue weighted by Crippen LogP contribution is 2.66. The molecular formula is C12H19N2O14P3S. The van der Waals surface area contributed by atoms with Crippen molar-refractivity contribution in [3.05, 3.63) is 45.3 Å².